The molecule has 0 fully saturated rings. The largest absolute Gasteiger partial charge is 0.478 e. The lowest BCUT2D eigenvalue weighted by atomic mass is 10.1. The van der Waals surface area contributed by atoms with Crippen LogP contribution in [-0.4, -0.2) is 15.6 Å². The molecule has 0 saturated heterocycles. The average Bonchev–Trinajstić information content (AvgIpc) is 2.86. The van der Waals surface area contributed by atoms with Gasteiger partial charge in [-0.2, -0.15) is 0 Å². The van der Waals surface area contributed by atoms with Gasteiger partial charge in [0.25, 0.3) is 0 Å². The Hall–Kier alpha value is -2.55. The summed E-state index contributed by atoms with van der Waals surface area (Å²) >= 11 is 0. The van der Waals surface area contributed by atoms with Gasteiger partial charge in [-0.1, -0.05) is 30.3 Å². The van der Waals surface area contributed by atoms with E-state index in [1.165, 1.54) is 16.7 Å². The first-order valence-corrected chi connectivity index (χ1v) is 6.93. The predicted molar refractivity (Wildman–Crippen MR) is 83.9 cm³/mol. The third-order valence-corrected chi connectivity index (χ3v) is 3.94. The molecule has 0 aliphatic heterocycles. The lowest BCUT2D eigenvalue weighted by molar-refractivity contribution is 0.0698. The number of aromatic carboxylic acids is 1. The Morgan fingerprint density at radius 3 is 2.62 bits per heavy atom. The third-order valence-electron chi connectivity index (χ3n) is 3.94. The molecule has 1 heterocycles. The maximum Gasteiger partial charge on any atom is 0.337 e. The fourth-order valence-corrected chi connectivity index (χ4v) is 2.66. The molecule has 3 heteroatoms. The van der Waals surface area contributed by atoms with Crippen molar-refractivity contribution in [3.63, 3.8) is 0 Å². The van der Waals surface area contributed by atoms with Gasteiger partial charge in [0, 0.05) is 18.1 Å². The van der Waals surface area contributed by atoms with Crippen LogP contribution in [0.15, 0.2) is 48.7 Å². The fourth-order valence-electron chi connectivity index (χ4n) is 2.66. The zero-order chi connectivity index (χ0) is 15.0. The molecule has 1 aromatic heterocycles. The van der Waals surface area contributed by atoms with Gasteiger partial charge >= 0.3 is 5.97 Å². The van der Waals surface area contributed by atoms with Crippen LogP contribution in [0.1, 0.15) is 27.0 Å². The number of nitrogens with zero attached hydrogens (tertiary/aromatic N) is 1. The summed E-state index contributed by atoms with van der Waals surface area (Å²) in [6, 6.07) is 13.7. The summed E-state index contributed by atoms with van der Waals surface area (Å²) in [5, 5.41) is 10.3. The summed E-state index contributed by atoms with van der Waals surface area (Å²) in [4.78, 5) is 11.4. The summed E-state index contributed by atoms with van der Waals surface area (Å²) in [5.41, 5.74) is 4.82. The maximum absolute atomic E-state index is 11.4. The number of carboxylic acid groups (broad SMARTS) is 1. The molecule has 3 nitrogen and oxygen atoms in total. The van der Waals surface area contributed by atoms with Crippen molar-refractivity contribution in [1.29, 1.82) is 0 Å². The Bertz CT molecular complexity index is 830. The van der Waals surface area contributed by atoms with E-state index < -0.39 is 5.97 Å². The molecule has 21 heavy (non-hydrogen) atoms. The number of benzene rings is 2. The first-order chi connectivity index (χ1) is 10.1. The van der Waals surface area contributed by atoms with Gasteiger partial charge in [-0.15, -0.1) is 0 Å². The Kier molecular flexibility index (Phi) is 3.26. The molecule has 2 aromatic carbocycles. The van der Waals surface area contributed by atoms with E-state index in [0.29, 0.717) is 12.1 Å². The topological polar surface area (TPSA) is 42.2 Å². The number of para-hydroxylation sites is 1. The number of aromatic nitrogens is 1. The quantitative estimate of drug-likeness (QED) is 0.787. The lowest BCUT2D eigenvalue weighted by Gasteiger charge is -2.09. The van der Waals surface area contributed by atoms with Gasteiger partial charge in [0.15, 0.2) is 0 Å². The SMILES string of the molecule is Cc1ccc(Cn2ccc3cccc(C(=O)O)c32)cc1C. The van der Waals surface area contributed by atoms with Crippen molar-refractivity contribution >= 4 is 16.9 Å². The monoisotopic (exact) mass is 279 g/mol. The summed E-state index contributed by atoms with van der Waals surface area (Å²) < 4.78 is 2.00. The minimum Gasteiger partial charge on any atom is -0.478 e. The maximum atomic E-state index is 11.4. The number of carboxylic acids is 1. The van der Waals surface area contributed by atoms with Gasteiger partial charge in [0.05, 0.1) is 11.1 Å². The summed E-state index contributed by atoms with van der Waals surface area (Å²) in [7, 11) is 0. The van der Waals surface area contributed by atoms with Crippen LogP contribution in [-0.2, 0) is 6.54 Å². The molecule has 0 radical (unpaired) electrons. The van der Waals surface area contributed by atoms with E-state index in [-0.39, 0.29) is 0 Å². The highest BCUT2D eigenvalue weighted by molar-refractivity contribution is 6.02. The van der Waals surface area contributed by atoms with Crippen LogP contribution in [0.5, 0.6) is 0 Å². The summed E-state index contributed by atoms with van der Waals surface area (Å²) in [6.45, 7) is 4.86. The second-order valence-electron chi connectivity index (χ2n) is 5.41. The molecule has 0 atom stereocenters. The zero-order valence-corrected chi connectivity index (χ0v) is 12.1. The minimum absolute atomic E-state index is 0.348. The highest BCUT2D eigenvalue weighted by Crippen LogP contribution is 2.22. The first-order valence-electron chi connectivity index (χ1n) is 6.93. The van der Waals surface area contributed by atoms with E-state index in [2.05, 4.69) is 32.0 Å². The molecular weight excluding hydrogens is 262 g/mol. The number of aryl methyl sites for hydroxylation is 2. The van der Waals surface area contributed by atoms with Gasteiger partial charge < -0.3 is 9.67 Å². The lowest BCUT2D eigenvalue weighted by Crippen LogP contribution is -2.04. The van der Waals surface area contributed by atoms with E-state index in [9.17, 15) is 9.90 Å². The van der Waals surface area contributed by atoms with Crippen molar-refractivity contribution in [2.75, 3.05) is 0 Å². The second-order valence-corrected chi connectivity index (χ2v) is 5.41. The number of fused-ring (bicyclic) bond motifs is 1. The zero-order valence-electron chi connectivity index (χ0n) is 12.1. The Labute approximate surface area is 123 Å². The molecule has 0 aliphatic rings. The summed E-state index contributed by atoms with van der Waals surface area (Å²) in [5.74, 6) is -0.888. The second kappa shape index (κ2) is 5.09. The van der Waals surface area contributed by atoms with Gasteiger partial charge in [-0.3, -0.25) is 0 Å². The molecule has 0 unspecified atom stereocenters. The smallest absolute Gasteiger partial charge is 0.337 e. The van der Waals surface area contributed by atoms with Gasteiger partial charge in [-0.05, 0) is 42.7 Å². The molecule has 0 bridgehead atoms. The van der Waals surface area contributed by atoms with Crippen molar-refractivity contribution < 1.29 is 9.90 Å². The molecule has 3 aromatic rings. The van der Waals surface area contributed by atoms with Crippen LogP contribution in [0.25, 0.3) is 10.9 Å². The molecule has 3 rings (SSSR count). The number of rotatable bonds is 3. The number of hydrogen-bond donors (Lipinski definition) is 1. The summed E-state index contributed by atoms with van der Waals surface area (Å²) in [6.07, 6.45) is 1.95. The predicted octanol–water partition coefficient (Wildman–Crippen LogP) is 4.00. The van der Waals surface area contributed by atoms with Crippen LogP contribution < -0.4 is 0 Å². The van der Waals surface area contributed by atoms with Crippen molar-refractivity contribution in [1.82, 2.24) is 4.57 Å². The Morgan fingerprint density at radius 1 is 1.10 bits per heavy atom. The van der Waals surface area contributed by atoms with E-state index in [0.717, 1.165) is 10.9 Å². The van der Waals surface area contributed by atoms with E-state index >= 15 is 0 Å². The van der Waals surface area contributed by atoms with Crippen LogP contribution in [0.3, 0.4) is 0 Å². The van der Waals surface area contributed by atoms with Crippen molar-refractivity contribution in [3.8, 4) is 0 Å². The molecule has 1 N–H and O–H groups in total. The average molecular weight is 279 g/mol. The van der Waals surface area contributed by atoms with Crippen LogP contribution in [0.4, 0.5) is 0 Å². The first kappa shape index (κ1) is 13.4. The van der Waals surface area contributed by atoms with Crippen molar-refractivity contribution in [3.05, 3.63) is 70.9 Å². The number of carbonyl (C=O) groups is 1. The molecule has 0 saturated carbocycles. The standard InChI is InChI=1S/C18H17NO2/c1-12-6-7-14(10-13(12)2)11-19-9-8-15-4-3-5-16(17(15)19)18(20)21/h3-10H,11H2,1-2H3,(H,20,21). The van der Waals surface area contributed by atoms with Gasteiger partial charge in [0.2, 0.25) is 0 Å². The van der Waals surface area contributed by atoms with E-state index in [4.69, 9.17) is 0 Å². The van der Waals surface area contributed by atoms with E-state index in [1.54, 1.807) is 12.1 Å². The van der Waals surface area contributed by atoms with Crippen LogP contribution in [0, 0.1) is 13.8 Å². The molecular formula is C18H17NO2. The fraction of sp³-hybridized carbons (Fsp3) is 0.167. The highest BCUT2D eigenvalue weighted by atomic mass is 16.4. The number of hydrogen-bond acceptors (Lipinski definition) is 1. The third kappa shape index (κ3) is 2.42. The minimum atomic E-state index is -0.888. The van der Waals surface area contributed by atoms with Gasteiger partial charge in [-0.25, -0.2) is 4.79 Å². The van der Waals surface area contributed by atoms with E-state index in [1.807, 2.05) is 22.9 Å². The molecule has 106 valence electrons. The van der Waals surface area contributed by atoms with Crippen molar-refractivity contribution in [2.45, 2.75) is 20.4 Å². The molecule has 0 aliphatic carbocycles. The van der Waals surface area contributed by atoms with Crippen LogP contribution in [0.2, 0.25) is 0 Å². The Balaban J connectivity index is 2.08. The van der Waals surface area contributed by atoms with Gasteiger partial charge in [0.1, 0.15) is 0 Å². The normalized spacial score (nSPS) is 11.0. The highest BCUT2D eigenvalue weighted by Gasteiger charge is 2.12. The molecule has 0 amide bonds. The Morgan fingerprint density at radius 2 is 1.90 bits per heavy atom. The molecule has 0 spiro atoms. The van der Waals surface area contributed by atoms with Crippen LogP contribution >= 0.6 is 0 Å². The van der Waals surface area contributed by atoms with Crippen molar-refractivity contribution in [2.24, 2.45) is 0 Å².